The van der Waals surface area contributed by atoms with Crippen molar-refractivity contribution in [3.8, 4) is 0 Å². The van der Waals surface area contributed by atoms with Crippen molar-refractivity contribution in [3.63, 3.8) is 0 Å². The molecule has 102 valence electrons. The van der Waals surface area contributed by atoms with Crippen LogP contribution in [0.5, 0.6) is 0 Å². The van der Waals surface area contributed by atoms with Crippen molar-refractivity contribution in [3.05, 3.63) is 11.1 Å². The van der Waals surface area contributed by atoms with E-state index in [1.54, 1.807) is 11.3 Å². The molecule has 0 saturated carbocycles. The summed E-state index contributed by atoms with van der Waals surface area (Å²) in [7, 11) is 0. The summed E-state index contributed by atoms with van der Waals surface area (Å²) in [6.45, 7) is 4.98. The second-order valence-corrected chi connectivity index (χ2v) is 5.79. The van der Waals surface area contributed by atoms with E-state index >= 15 is 0 Å². The van der Waals surface area contributed by atoms with Gasteiger partial charge in [-0.25, -0.2) is 4.98 Å². The molecule has 1 heterocycles. The van der Waals surface area contributed by atoms with Crippen LogP contribution in [0.3, 0.4) is 0 Å². The zero-order valence-electron chi connectivity index (χ0n) is 11.2. The first-order valence-corrected chi connectivity index (χ1v) is 7.40. The third-order valence-electron chi connectivity index (χ3n) is 2.70. The summed E-state index contributed by atoms with van der Waals surface area (Å²) < 4.78 is 0. The summed E-state index contributed by atoms with van der Waals surface area (Å²) in [5.41, 5.74) is 5.41. The summed E-state index contributed by atoms with van der Waals surface area (Å²) >= 11 is 1.56. The minimum absolute atomic E-state index is 0.0624. The van der Waals surface area contributed by atoms with Crippen molar-refractivity contribution < 1.29 is 4.79 Å². The fraction of sp³-hybridized carbons (Fsp3) is 0.692. The first-order chi connectivity index (χ1) is 8.63. The molecule has 0 spiro atoms. The summed E-state index contributed by atoms with van der Waals surface area (Å²) in [4.78, 5) is 17.1. The molecule has 5 heteroatoms. The van der Waals surface area contributed by atoms with Gasteiger partial charge in [-0.2, -0.15) is 0 Å². The van der Waals surface area contributed by atoms with E-state index < -0.39 is 0 Å². The van der Waals surface area contributed by atoms with E-state index in [2.05, 4.69) is 24.1 Å². The third-order valence-corrected chi connectivity index (χ3v) is 3.91. The number of thiazole rings is 1. The highest BCUT2D eigenvalue weighted by Crippen LogP contribution is 2.25. The largest absolute Gasteiger partial charge is 0.330 e. The fourth-order valence-corrected chi connectivity index (χ4v) is 2.41. The van der Waals surface area contributed by atoms with Gasteiger partial charge in [0.05, 0.1) is 0 Å². The molecule has 0 radical (unpaired) electrons. The van der Waals surface area contributed by atoms with Crippen LogP contribution < -0.4 is 11.1 Å². The Labute approximate surface area is 113 Å². The number of hydrogen-bond acceptors (Lipinski definition) is 4. The van der Waals surface area contributed by atoms with Gasteiger partial charge >= 0.3 is 0 Å². The zero-order chi connectivity index (χ0) is 13.4. The van der Waals surface area contributed by atoms with Crippen LogP contribution in [0.2, 0.25) is 0 Å². The Morgan fingerprint density at radius 3 is 2.72 bits per heavy atom. The number of nitrogens with one attached hydrogen (secondary N) is 1. The first-order valence-electron chi connectivity index (χ1n) is 6.59. The highest BCUT2D eigenvalue weighted by Gasteiger charge is 2.08. The van der Waals surface area contributed by atoms with E-state index in [0.717, 1.165) is 32.2 Å². The van der Waals surface area contributed by atoms with Crippen LogP contribution in [-0.4, -0.2) is 17.4 Å². The monoisotopic (exact) mass is 269 g/mol. The maximum Gasteiger partial charge on any atom is 0.226 e. The Morgan fingerprint density at radius 2 is 2.11 bits per heavy atom. The molecule has 0 saturated heterocycles. The molecule has 1 aromatic rings. The Kier molecular flexibility index (Phi) is 6.90. The minimum Gasteiger partial charge on any atom is -0.330 e. The summed E-state index contributed by atoms with van der Waals surface area (Å²) in [6, 6.07) is 0. The lowest BCUT2D eigenvalue weighted by atomic mass is 10.1. The highest BCUT2D eigenvalue weighted by atomic mass is 32.1. The lowest BCUT2D eigenvalue weighted by molar-refractivity contribution is -0.116. The zero-order valence-corrected chi connectivity index (χ0v) is 12.1. The first kappa shape index (κ1) is 15.1. The molecule has 0 unspecified atom stereocenters. The van der Waals surface area contributed by atoms with Gasteiger partial charge in [0.1, 0.15) is 0 Å². The van der Waals surface area contributed by atoms with E-state index in [4.69, 9.17) is 5.73 Å². The number of unbranched alkanes of at least 4 members (excludes halogenated alkanes) is 3. The molecule has 0 aliphatic heterocycles. The molecule has 1 aromatic heterocycles. The van der Waals surface area contributed by atoms with E-state index in [1.807, 2.05) is 6.20 Å². The smallest absolute Gasteiger partial charge is 0.226 e. The van der Waals surface area contributed by atoms with E-state index in [9.17, 15) is 4.79 Å². The predicted molar refractivity (Wildman–Crippen MR) is 77.0 cm³/mol. The summed E-state index contributed by atoms with van der Waals surface area (Å²) in [5.74, 6) is 0.525. The van der Waals surface area contributed by atoms with Crippen LogP contribution >= 0.6 is 11.3 Å². The topological polar surface area (TPSA) is 68.0 Å². The average Bonchev–Trinajstić information content (AvgIpc) is 2.77. The van der Waals surface area contributed by atoms with Gasteiger partial charge in [0.25, 0.3) is 0 Å². The molecule has 0 aliphatic rings. The van der Waals surface area contributed by atoms with Crippen molar-refractivity contribution in [2.24, 2.45) is 5.73 Å². The van der Waals surface area contributed by atoms with Crippen LogP contribution in [0.25, 0.3) is 0 Å². The predicted octanol–water partition coefficient (Wildman–Crippen LogP) is 3.11. The van der Waals surface area contributed by atoms with Crippen molar-refractivity contribution in [2.75, 3.05) is 11.9 Å². The Morgan fingerprint density at radius 1 is 1.39 bits per heavy atom. The molecule has 4 nitrogen and oxygen atoms in total. The number of hydrogen-bond donors (Lipinski definition) is 2. The Balaban J connectivity index is 2.22. The lowest BCUT2D eigenvalue weighted by Crippen LogP contribution is -2.10. The van der Waals surface area contributed by atoms with Gasteiger partial charge in [-0.15, -0.1) is 11.3 Å². The lowest BCUT2D eigenvalue weighted by Gasteiger charge is -2.02. The second kappa shape index (κ2) is 8.21. The molecule has 1 rings (SSSR count). The molecular weight excluding hydrogens is 246 g/mol. The molecule has 18 heavy (non-hydrogen) atoms. The normalized spacial score (nSPS) is 10.9. The number of carbonyl (C=O) groups is 1. The van der Waals surface area contributed by atoms with Crippen LogP contribution in [0.15, 0.2) is 6.20 Å². The number of rotatable bonds is 8. The maximum atomic E-state index is 11.7. The van der Waals surface area contributed by atoms with Crippen LogP contribution in [0.4, 0.5) is 5.13 Å². The number of amides is 1. The fourth-order valence-electron chi connectivity index (χ4n) is 1.58. The summed E-state index contributed by atoms with van der Waals surface area (Å²) in [5, 5.41) is 3.57. The SMILES string of the molecule is CC(C)c1cnc(NC(=O)CCCCCCN)s1. The molecular formula is C13H23N3OS. The second-order valence-electron chi connectivity index (χ2n) is 4.72. The van der Waals surface area contributed by atoms with Gasteiger partial charge in [0.2, 0.25) is 5.91 Å². The maximum absolute atomic E-state index is 11.7. The number of anilines is 1. The minimum atomic E-state index is 0.0624. The molecule has 0 atom stereocenters. The van der Waals surface area contributed by atoms with Crippen molar-refractivity contribution >= 4 is 22.4 Å². The molecule has 0 fully saturated rings. The molecule has 0 aromatic carbocycles. The van der Waals surface area contributed by atoms with Gasteiger partial charge in [-0.1, -0.05) is 26.7 Å². The van der Waals surface area contributed by atoms with E-state index in [0.29, 0.717) is 17.5 Å². The van der Waals surface area contributed by atoms with E-state index in [-0.39, 0.29) is 5.91 Å². The van der Waals surface area contributed by atoms with Crippen molar-refractivity contribution in [1.29, 1.82) is 0 Å². The van der Waals surface area contributed by atoms with Crippen LogP contribution in [-0.2, 0) is 4.79 Å². The van der Waals surface area contributed by atoms with Gasteiger partial charge in [-0.3, -0.25) is 4.79 Å². The average molecular weight is 269 g/mol. The van der Waals surface area contributed by atoms with Gasteiger partial charge in [0.15, 0.2) is 5.13 Å². The molecule has 3 N–H and O–H groups in total. The molecule has 0 bridgehead atoms. The van der Waals surface area contributed by atoms with Crippen molar-refractivity contribution in [1.82, 2.24) is 4.98 Å². The Bertz CT molecular complexity index is 363. The third kappa shape index (κ3) is 5.60. The van der Waals surface area contributed by atoms with Gasteiger partial charge in [0, 0.05) is 17.5 Å². The quantitative estimate of drug-likeness (QED) is 0.712. The van der Waals surface area contributed by atoms with Crippen molar-refractivity contribution in [2.45, 2.75) is 51.9 Å². The molecule has 0 aliphatic carbocycles. The number of aromatic nitrogens is 1. The highest BCUT2D eigenvalue weighted by molar-refractivity contribution is 7.15. The van der Waals surface area contributed by atoms with Gasteiger partial charge in [-0.05, 0) is 25.3 Å². The summed E-state index contributed by atoms with van der Waals surface area (Å²) in [6.07, 6.45) is 6.56. The van der Waals surface area contributed by atoms with E-state index in [1.165, 1.54) is 4.88 Å². The number of nitrogens with two attached hydrogens (primary N) is 1. The molecule has 1 amide bonds. The Hall–Kier alpha value is -0.940. The van der Waals surface area contributed by atoms with Crippen LogP contribution in [0, 0.1) is 0 Å². The number of nitrogens with zero attached hydrogens (tertiary/aromatic N) is 1. The van der Waals surface area contributed by atoms with Gasteiger partial charge < -0.3 is 11.1 Å². The number of carbonyl (C=O) groups excluding carboxylic acids is 1. The standard InChI is InChI=1S/C13H23N3OS/c1-10(2)11-9-15-13(18-11)16-12(17)7-5-3-4-6-8-14/h9-10H,3-8,14H2,1-2H3,(H,15,16,17). The van der Waals surface area contributed by atoms with Crippen LogP contribution in [0.1, 0.15) is 56.7 Å².